The van der Waals surface area contributed by atoms with Crippen molar-refractivity contribution >= 4 is 51.7 Å². The summed E-state index contributed by atoms with van der Waals surface area (Å²) in [4.78, 5) is 0. The van der Waals surface area contributed by atoms with Gasteiger partial charge < -0.3 is 0 Å². The third kappa shape index (κ3) is 6.16. The molecule has 0 saturated carbocycles. The maximum absolute atomic E-state index is 2.76. The monoisotopic (exact) mass is 878 g/mol. The third-order valence-corrected chi connectivity index (χ3v) is 18.7. The van der Waals surface area contributed by atoms with Crippen molar-refractivity contribution in [2.24, 2.45) is 0 Å². The molecule has 0 radical (unpaired) electrons. The molecule has 0 fully saturated rings. The molecule has 0 N–H and O–H groups in total. The van der Waals surface area contributed by atoms with Crippen molar-refractivity contribution in [1.29, 1.82) is 0 Å². The summed E-state index contributed by atoms with van der Waals surface area (Å²) in [5.41, 5.74) is 14.9. The van der Waals surface area contributed by atoms with Crippen LogP contribution >= 0.6 is 45.2 Å². The molecule has 4 aromatic rings. The Balaban J connectivity index is 1.77. The summed E-state index contributed by atoms with van der Waals surface area (Å²) in [5.74, 6) is 0. The van der Waals surface area contributed by atoms with Crippen LogP contribution in [0.3, 0.4) is 0 Å². The van der Waals surface area contributed by atoms with Crippen LogP contribution in [-0.4, -0.2) is 3.21 Å². The van der Waals surface area contributed by atoms with E-state index in [1.54, 1.807) is 15.3 Å². The Morgan fingerprint density at radius 2 is 1.25 bits per heavy atom. The van der Waals surface area contributed by atoms with E-state index in [0.29, 0.717) is 0 Å². The van der Waals surface area contributed by atoms with E-state index in [-0.39, 0.29) is 10.8 Å². The van der Waals surface area contributed by atoms with Gasteiger partial charge in [-0.2, -0.15) is 0 Å². The normalized spacial score (nSPS) is 14.0. The van der Waals surface area contributed by atoms with Gasteiger partial charge >= 0.3 is 303 Å². The molecule has 0 bridgehead atoms. The van der Waals surface area contributed by atoms with E-state index in [4.69, 9.17) is 0 Å². The molecule has 0 aliphatic heterocycles. The topological polar surface area (TPSA) is 0 Å². The molecule has 0 spiro atoms. The fourth-order valence-electron chi connectivity index (χ4n) is 7.31. The molecule has 3 heteroatoms. The van der Waals surface area contributed by atoms with Crippen LogP contribution in [0.25, 0.3) is 11.1 Å². The first kappa shape index (κ1) is 32.5. The summed E-state index contributed by atoms with van der Waals surface area (Å²) in [7, 11) is 0. The van der Waals surface area contributed by atoms with Gasteiger partial charge in [0.25, 0.3) is 0 Å². The van der Waals surface area contributed by atoms with Gasteiger partial charge in [0.15, 0.2) is 0 Å². The quantitative estimate of drug-likeness (QED) is 0.158. The van der Waals surface area contributed by atoms with E-state index in [0.717, 1.165) is 12.8 Å². The molecular formula is C41H42I2Zr. The van der Waals surface area contributed by atoms with E-state index in [2.05, 4.69) is 186 Å². The van der Waals surface area contributed by atoms with Crippen LogP contribution in [0.1, 0.15) is 92.5 Å². The van der Waals surface area contributed by atoms with Crippen LogP contribution in [0.15, 0.2) is 88.2 Å². The zero-order valence-electron chi connectivity index (χ0n) is 27.3. The Bertz CT molecular complexity index is 1820. The molecule has 0 nitrogen and oxygen atoms in total. The molecule has 4 aromatic carbocycles. The second-order valence-electron chi connectivity index (χ2n) is 14.5. The molecule has 0 amide bonds. The number of benzene rings is 4. The number of fused-ring (bicyclic) bond motifs is 3. The molecule has 0 unspecified atom stereocenters. The number of allylic oxidation sites excluding steroid dienone is 4. The van der Waals surface area contributed by atoms with Crippen molar-refractivity contribution in [1.82, 2.24) is 0 Å². The van der Waals surface area contributed by atoms with Crippen LogP contribution in [0.2, 0.25) is 0 Å². The summed E-state index contributed by atoms with van der Waals surface area (Å²) in [6.07, 6.45) is 9.28. The fraction of sp³-hybridized carbons (Fsp3) is 0.293. The minimum absolute atomic E-state index is 0.0522. The van der Waals surface area contributed by atoms with E-state index in [9.17, 15) is 0 Å². The molecule has 0 heterocycles. The van der Waals surface area contributed by atoms with Crippen molar-refractivity contribution in [3.05, 3.63) is 140 Å². The minimum atomic E-state index is -2.76. The molecule has 224 valence electrons. The SMILES string of the molecule is Cc1cc2c(cc1C(C)(C)C)-c1cc(C(C)(C)C)c(C)[c]([Zr]([C]3=CC=CC3)=[C](c3ccc(I)cc3)c3ccc(I)cc3)c1C2. The first-order valence-corrected chi connectivity index (χ1v) is 21.5. The van der Waals surface area contributed by atoms with Gasteiger partial charge in [-0.1, -0.05) is 0 Å². The molecule has 6 rings (SSSR count). The number of hydrogen-bond donors (Lipinski definition) is 0. The van der Waals surface area contributed by atoms with Gasteiger partial charge in [0.1, 0.15) is 0 Å². The summed E-state index contributed by atoms with van der Waals surface area (Å²) in [6.45, 7) is 19.0. The molecular weight excluding hydrogens is 837 g/mol. The molecule has 0 saturated heterocycles. The van der Waals surface area contributed by atoms with Gasteiger partial charge in [-0.3, -0.25) is 0 Å². The van der Waals surface area contributed by atoms with Gasteiger partial charge in [-0.05, 0) is 0 Å². The average Bonchev–Trinajstić information content (AvgIpc) is 3.59. The Labute approximate surface area is 299 Å². The number of rotatable bonds is 4. The molecule has 2 aliphatic carbocycles. The van der Waals surface area contributed by atoms with E-state index in [1.165, 1.54) is 57.2 Å². The molecule has 0 aromatic heterocycles. The van der Waals surface area contributed by atoms with Crippen LogP contribution in [0.4, 0.5) is 0 Å². The number of halogens is 2. The average molecular weight is 880 g/mol. The molecule has 44 heavy (non-hydrogen) atoms. The molecule has 2 aliphatic rings. The van der Waals surface area contributed by atoms with Crippen LogP contribution in [0.5, 0.6) is 0 Å². The number of hydrogen-bond acceptors (Lipinski definition) is 0. The third-order valence-electron chi connectivity index (χ3n) is 9.28. The van der Waals surface area contributed by atoms with Gasteiger partial charge in [0.2, 0.25) is 0 Å². The first-order chi connectivity index (χ1) is 20.7. The second kappa shape index (κ2) is 12.3. The van der Waals surface area contributed by atoms with Gasteiger partial charge in [0.05, 0.1) is 0 Å². The Kier molecular flexibility index (Phi) is 9.09. The summed E-state index contributed by atoms with van der Waals surface area (Å²) >= 11 is 2.12. The summed E-state index contributed by atoms with van der Waals surface area (Å²) in [6, 6.07) is 26.3. The zero-order chi connectivity index (χ0) is 31.6. The second-order valence-corrected chi connectivity index (χ2v) is 22.9. The summed E-state index contributed by atoms with van der Waals surface area (Å²) in [5, 5.41) is 0. The van der Waals surface area contributed by atoms with Gasteiger partial charge in [-0.25, -0.2) is 0 Å². The van der Waals surface area contributed by atoms with E-state index in [1.807, 2.05) is 0 Å². The van der Waals surface area contributed by atoms with E-state index < -0.39 is 21.3 Å². The van der Waals surface area contributed by atoms with Crippen molar-refractivity contribution in [2.75, 3.05) is 0 Å². The van der Waals surface area contributed by atoms with Crippen LogP contribution < -0.4 is 3.27 Å². The maximum atomic E-state index is 2.58. The Morgan fingerprint density at radius 3 is 1.75 bits per heavy atom. The van der Waals surface area contributed by atoms with Crippen LogP contribution in [-0.2, 0) is 38.5 Å². The Hall–Kier alpha value is -1.43. The predicted molar refractivity (Wildman–Crippen MR) is 205 cm³/mol. The summed E-state index contributed by atoms with van der Waals surface area (Å²) < 4.78 is 7.57. The van der Waals surface area contributed by atoms with Crippen molar-refractivity contribution in [3.63, 3.8) is 0 Å². The standard InChI is InChI=1S/C23H29.C13H8I2.C5H5.Zr/c1-14-9-16-11-17-10-15(2)21(23(6,7)8)13-19(17)18(16)12-20(14)22(3,4)5;14-12-5-1-10(2-6-12)9-11-3-7-13(15)8-4-11;1-2-4-5-3-1;/h9,12-13H,11H2,1-8H3;1-8H;1-3H,4H2;. The Morgan fingerprint density at radius 1 is 0.705 bits per heavy atom. The predicted octanol–water partition coefficient (Wildman–Crippen LogP) is 11.0. The van der Waals surface area contributed by atoms with Crippen molar-refractivity contribution < 1.29 is 21.3 Å². The van der Waals surface area contributed by atoms with Gasteiger partial charge in [-0.15, -0.1) is 0 Å². The van der Waals surface area contributed by atoms with E-state index >= 15 is 0 Å². The molecule has 0 atom stereocenters. The number of aryl methyl sites for hydroxylation is 1. The van der Waals surface area contributed by atoms with Crippen molar-refractivity contribution in [2.45, 2.75) is 79.1 Å². The zero-order valence-corrected chi connectivity index (χ0v) is 34.0. The first-order valence-electron chi connectivity index (χ1n) is 15.7. The van der Waals surface area contributed by atoms with Crippen molar-refractivity contribution in [3.8, 4) is 11.1 Å². The van der Waals surface area contributed by atoms with Crippen LogP contribution in [0, 0.1) is 21.0 Å². The fourth-order valence-corrected chi connectivity index (χ4v) is 16.4. The van der Waals surface area contributed by atoms with Gasteiger partial charge in [0, 0.05) is 0 Å².